The highest BCUT2D eigenvalue weighted by molar-refractivity contribution is 7.98. The molecule has 2 aromatic carbocycles. The van der Waals surface area contributed by atoms with Gasteiger partial charge < -0.3 is 10.3 Å². The van der Waals surface area contributed by atoms with Crippen LogP contribution >= 0.6 is 23.4 Å². The lowest BCUT2D eigenvalue weighted by Crippen LogP contribution is -1.96. The van der Waals surface area contributed by atoms with Crippen molar-refractivity contribution in [3.8, 4) is 17.5 Å². The van der Waals surface area contributed by atoms with Gasteiger partial charge in [0.1, 0.15) is 0 Å². The van der Waals surface area contributed by atoms with Crippen molar-refractivity contribution in [2.45, 2.75) is 10.9 Å². The van der Waals surface area contributed by atoms with Gasteiger partial charge in [-0.05, 0) is 42.0 Å². The van der Waals surface area contributed by atoms with E-state index < -0.39 is 0 Å². The molecule has 1 heterocycles. The zero-order valence-electron chi connectivity index (χ0n) is 12.9. The first-order valence-electron chi connectivity index (χ1n) is 7.15. The maximum Gasteiger partial charge on any atom is 0.191 e. The third kappa shape index (κ3) is 3.23. The highest BCUT2D eigenvalue weighted by Crippen LogP contribution is 2.29. The molecule has 2 N–H and O–H groups in total. The molecule has 0 aliphatic heterocycles. The molecule has 3 rings (SSSR count). The molecule has 0 saturated heterocycles. The van der Waals surface area contributed by atoms with Crippen LogP contribution < -0.4 is 5.73 Å². The smallest absolute Gasteiger partial charge is 0.191 e. The summed E-state index contributed by atoms with van der Waals surface area (Å²) in [6, 6.07) is 15.0. The number of thioether (sulfide) groups is 1. The first kappa shape index (κ1) is 16.4. The molecule has 0 amide bonds. The number of nitrogen functional groups attached to an aromatic ring is 1. The van der Waals surface area contributed by atoms with Gasteiger partial charge in [-0.25, -0.2) is 0 Å². The molecule has 0 spiro atoms. The van der Waals surface area contributed by atoms with Gasteiger partial charge in [0.15, 0.2) is 11.0 Å². The van der Waals surface area contributed by atoms with Gasteiger partial charge >= 0.3 is 0 Å². The molecule has 5 nitrogen and oxygen atoms in total. The number of hydrogen-bond donors (Lipinski definition) is 1. The van der Waals surface area contributed by atoms with Gasteiger partial charge in [0, 0.05) is 29.1 Å². The Morgan fingerprint density at radius 2 is 1.96 bits per heavy atom. The summed E-state index contributed by atoms with van der Waals surface area (Å²) in [5.74, 6) is 1.31. The molecule has 120 valence electrons. The van der Waals surface area contributed by atoms with Crippen LogP contribution in [0.4, 0.5) is 5.69 Å². The third-order valence-corrected chi connectivity index (χ3v) is 4.99. The SMILES string of the molecule is Cn1c(SCc2c(Cl)cccc2C#N)nnc1-c1ccc(N)cc1. The summed E-state index contributed by atoms with van der Waals surface area (Å²) in [4.78, 5) is 0. The number of halogens is 1. The van der Waals surface area contributed by atoms with E-state index in [2.05, 4.69) is 16.3 Å². The fourth-order valence-electron chi connectivity index (χ4n) is 2.27. The second-order valence-corrected chi connectivity index (χ2v) is 6.50. The second-order valence-electron chi connectivity index (χ2n) is 5.15. The lowest BCUT2D eigenvalue weighted by Gasteiger charge is -2.07. The number of anilines is 1. The Bertz CT molecular complexity index is 912. The molecule has 3 aromatic rings. The molecule has 1 aromatic heterocycles. The monoisotopic (exact) mass is 355 g/mol. The first-order chi connectivity index (χ1) is 11.6. The molecule has 0 atom stereocenters. The predicted octanol–water partition coefficient (Wildman–Crippen LogP) is 3.88. The molecule has 0 aliphatic rings. The summed E-state index contributed by atoms with van der Waals surface area (Å²) in [6.45, 7) is 0. The highest BCUT2D eigenvalue weighted by atomic mass is 35.5. The van der Waals surface area contributed by atoms with Crippen LogP contribution in [0.25, 0.3) is 11.4 Å². The molecule has 0 unspecified atom stereocenters. The maximum atomic E-state index is 9.21. The molecule has 0 saturated carbocycles. The molecule has 0 aliphatic carbocycles. The molecule has 24 heavy (non-hydrogen) atoms. The quantitative estimate of drug-likeness (QED) is 0.567. The maximum absolute atomic E-state index is 9.21. The van der Waals surface area contributed by atoms with Crippen molar-refractivity contribution in [2.75, 3.05) is 5.73 Å². The minimum Gasteiger partial charge on any atom is -0.399 e. The standard InChI is InChI=1S/C17H14ClN5S/c1-23-16(11-5-7-13(20)8-6-11)21-22-17(23)24-10-14-12(9-19)3-2-4-15(14)18/h2-8H,10,20H2,1H3. The van der Waals surface area contributed by atoms with E-state index >= 15 is 0 Å². The van der Waals surface area contributed by atoms with Crippen molar-refractivity contribution in [1.29, 1.82) is 5.26 Å². The fourth-order valence-corrected chi connectivity index (χ4v) is 3.55. The van der Waals surface area contributed by atoms with Crippen molar-refractivity contribution in [1.82, 2.24) is 14.8 Å². The topological polar surface area (TPSA) is 80.5 Å². The van der Waals surface area contributed by atoms with Crippen LogP contribution in [-0.2, 0) is 12.8 Å². The van der Waals surface area contributed by atoms with Crippen LogP contribution in [0.3, 0.4) is 0 Å². The summed E-state index contributed by atoms with van der Waals surface area (Å²) < 4.78 is 1.92. The molecular formula is C17H14ClN5S. The number of benzene rings is 2. The third-order valence-electron chi connectivity index (χ3n) is 3.59. The summed E-state index contributed by atoms with van der Waals surface area (Å²) >= 11 is 7.70. The van der Waals surface area contributed by atoms with Crippen LogP contribution in [-0.4, -0.2) is 14.8 Å². The number of rotatable bonds is 4. The predicted molar refractivity (Wildman–Crippen MR) is 96.6 cm³/mol. The fraction of sp³-hybridized carbons (Fsp3) is 0.118. The lowest BCUT2D eigenvalue weighted by molar-refractivity contribution is 0.794. The normalized spacial score (nSPS) is 10.5. The Hall–Kier alpha value is -2.49. The van der Waals surface area contributed by atoms with E-state index in [1.807, 2.05) is 35.9 Å². The number of hydrogen-bond acceptors (Lipinski definition) is 5. The summed E-state index contributed by atoms with van der Waals surface area (Å²) in [7, 11) is 1.91. The van der Waals surface area contributed by atoms with Crippen LogP contribution in [0.2, 0.25) is 5.02 Å². The van der Waals surface area contributed by atoms with Crippen molar-refractivity contribution in [3.63, 3.8) is 0 Å². The summed E-state index contributed by atoms with van der Waals surface area (Å²) in [6.07, 6.45) is 0. The second kappa shape index (κ2) is 6.95. The number of nitrogens with zero attached hydrogens (tertiary/aromatic N) is 4. The van der Waals surface area contributed by atoms with Crippen LogP contribution in [0.1, 0.15) is 11.1 Å². The Kier molecular flexibility index (Phi) is 4.74. The van der Waals surface area contributed by atoms with Gasteiger partial charge in [0.25, 0.3) is 0 Å². The van der Waals surface area contributed by atoms with Gasteiger partial charge in [-0.15, -0.1) is 10.2 Å². The van der Waals surface area contributed by atoms with Gasteiger partial charge in [0.05, 0.1) is 11.6 Å². The highest BCUT2D eigenvalue weighted by Gasteiger charge is 2.13. The minimum atomic E-state index is 0.552. The Morgan fingerprint density at radius 3 is 2.67 bits per heavy atom. The van der Waals surface area contributed by atoms with Crippen molar-refractivity contribution < 1.29 is 0 Å². The van der Waals surface area contributed by atoms with Crippen LogP contribution in [0.5, 0.6) is 0 Å². The molecule has 7 heteroatoms. The zero-order chi connectivity index (χ0) is 17.1. The molecule has 0 fully saturated rings. The molecular weight excluding hydrogens is 342 g/mol. The van der Waals surface area contributed by atoms with Gasteiger partial charge in [0.2, 0.25) is 0 Å². The number of nitrogens with two attached hydrogens (primary N) is 1. The van der Waals surface area contributed by atoms with Crippen molar-refractivity contribution in [2.24, 2.45) is 7.05 Å². The summed E-state index contributed by atoms with van der Waals surface area (Å²) in [5.41, 5.74) is 8.76. The number of aromatic nitrogens is 3. The minimum absolute atomic E-state index is 0.552. The Balaban J connectivity index is 1.83. The lowest BCUT2D eigenvalue weighted by atomic mass is 10.1. The largest absolute Gasteiger partial charge is 0.399 e. The average molecular weight is 356 g/mol. The van der Waals surface area contributed by atoms with E-state index in [1.54, 1.807) is 18.2 Å². The first-order valence-corrected chi connectivity index (χ1v) is 8.52. The Morgan fingerprint density at radius 1 is 1.21 bits per heavy atom. The zero-order valence-corrected chi connectivity index (χ0v) is 14.5. The van der Waals surface area contributed by atoms with E-state index in [4.69, 9.17) is 17.3 Å². The van der Waals surface area contributed by atoms with Gasteiger partial charge in [-0.1, -0.05) is 29.4 Å². The van der Waals surface area contributed by atoms with E-state index in [9.17, 15) is 5.26 Å². The molecule has 0 radical (unpaired) electrons. The Labute approximate surface area is 149 Å². The number of nitriles is 1. The van der Waals surface area contributed by atoms with Crippen molar-refractivity contribution in [3.05, 3.63) is 58.6 Å². The van der Waals surface area contributed by atoms with Crippen LogP contribution in [0.15, 0.2) is 47.6 Å². The average Bonchev–Trinajstić information content (AvgIpc) is 2.95. The van der Waals surface area contributed by atoms with E-state index in [0.29, 0.717) is 22.0 Å². The van der Waals surface area contributed by atoms with Crippen molar-refractivity contribution >= 4 is 29.1 Å². The van der Waals surface area contributed by atoms with Gasteiger partial charge in [-0.3, -0.25) is 0 Å². The van der Waals surface area contributed by atoms with Crippen LogP contribution in [0, 0.1) is 11.3 Å². The van der Waals surface area contributed by atoms with Gasteiger partial charge in [-0.2, -0.15) is 5.26 Å². The van der Waals surface area contributed by atoms with E-state index in [1.165, 1.54) is 11.8 Å². The van der Waals surface area contributed by atoms with E-state index in [0.717, 1.165) is 22.1 Å². The van der Waals surface area contributed by atoms with E-state index in [-0.39, 0.29) is 0 Å². The summed E-state index contributed by atoms with van der Waals surface area (Å²) in [5, 5.41) is 19.0. The molecule has 0 bridgehead atoms.